The van der Waals surface area contributed by atoms with E-state index >= 15 is 0 Å². The number of benzene rings is 1. The van der Waals surface area contributed by atoms with Crippen LogP contribution in [0, 0.1) is 5.92 Å². The fourth-order valence-corrected chi connectivity index (χ4v) is 3.49. The predicted octanol–water partition coefficient (Wildman–Crippen LogP) is 2.62. The molecule has 0 bridgehead atoms. The van der Waals surface area contributed by atoms with Crippen LogP contribution in [0.5, 0.6) is 5.75 Å². The van der Waals surface area contributed by atoms with Crippen LogP contribution in [0.1, 0.15) is 43.5 Å². The molecule has 148 valence electrons. The van der Waals surface area contributed by atoms with Crippen molar-refractivity contribution in [1.82, 2.24) is 9.80 Å². The zero-order valence-electron chi connectivity index (χ0n) is 17.1. The van der Waals surface area contributed by atoms with Crippen molar-refractivity contribution < 1.29 is 14.3 Å². The van der Waals surface area contributed by atoms with Crippen molar-refractivity contribution in [2.45, 2.75) is 45.2 Å². The SMILES string of the molecule is CC(C)N(CC1CC1)C(=O)C[C@@H]1COc2ccc(C(=O)N(C)C)cc2N1C. The molecule has 1 aliphatic heterocycles. The first-order valence-electron chi connectivity index (χ1n) is 9.78. The van der Waals surface area contributed by atoms with Gasteiger partial charge in [-0.1, -0.05) is 0 Å². The van der Waals surface area contributed by atoms with E-state index < -0.39 is 0 Å². The Balaban J connectivity index is 1.73. The zero-order chi connectivity index (χ0) is 19.7. The first kappa shape index (κ1) is 19.5. The van der Waals surface area contributed by atoms with Crippen LogP contribution < -0.4 is 9.64 Å². The van der Waals surface area contributed by atoms with Gasteiger partial charge in [0.2, 0.25) is 5.91 Å². The first-order chi connectivity index (χ1) is 12.8. The molecule has 27 heavy (non-hydrogen) atoms. The minimum absolute atomic E-state index is 0.0323. The van der Waals surface area contributed by atoms with E-state index in [0.29, 0.717) is 24.5 Å². The normalized spacial score (nSPS) is 18.7. The Morgan fingerprint density at radius 2 is 1.96 bits per heavy atom. The maximum Gasteiger partial charge on any atom is 0.253 e. The number of ether oxygens (including phenoxy) is 1. The largest absolute Gasteiger partial charge is 0.489 e. The van der Waals surface area contributed by atoms with Crippen LogP contribution in [0.2, 0.25) is 0 Å². The van der Waals surface area contributed by atoms with Crippen LogP contribution in [0.4, 0.5) is 5.69 Å². The Morgan fingerprint density at radius 3 is 2.56 bits per heavy atom. The van der Waals surface area contributed by atoms with Gasteiger partial charge in [-0.3, -0.25) is 9.59 Å². The van der Waals surface area contributed by atoms with E-state index in [1.165, 1.54) is 12.8 Å². The quantitative estimate of drug-likeness (QED) is 0.769. The molecule has 0 aromatic heterocycles. The summed E-state index contributed by atoms with van der Waals surface area (Å²) in [5, 5.41) is 0. The second-order valence-corrected chi connectivity index (χ2v) is 8.25. The van der Waals surface area contributed by atoms with Gasteiger partial charge in [0, 0.05) is 39.3 Å². The molecule has 0 saturated heterocycles. The van der Waals surface area contributed by atoms with Gasteiger partial charge in [0.1, 0.15) is 12.4 Å². The van der Waals surface area contributed by atoms with E-state index in [2.05, 4.69) is 18.7 Å². The van der Waals surface area contributed by atoms with Crippen molar-refractivity contribution in [2.24, 2.45) is 5.92 Å². The predicted molar refractivity (Wildman–Crippen MR) is 106 cm³/mol. The number of carbonyl (C=O) groups excluding carboxylic acids is 2. The number of carbonyl (C=O) groups is 2. The number of likely N-dealkylation sites (N-methyl/N-ethyl adjacent to an activating group) is 1. The summed E-state index contributed by atoms with van der Waals surface area (Å²) in [7, 11) is 5.46. The van der Waals surface area contributed by atoms with Crippen molar-refractivity contribution in [2.75, 3.05) is 39.2 Å². The number of nitrogens with zero attached hydrogens (tertiary/aromatic N) is 3. The van der Waals surface area contributed by atoms with Gasteiger partial charge in [-0.2, -0.15) is 0 Å². The van der Waals surface area contributed by atoms with Gasteiger partial charge >= 0.3 is 0 Å². The molecule has 0 N–H and O–H groups in total. The third kappa shape index (κ3) is 4.37. The smallest absolute Gasteiger partial charge is 0.253 e. The maximum absolute atomic E-state index is 12.9. The summed E-state index contributed by atoms with van der Waals surface area (Å²) in [6.45, 7) is 5.50. The van der Waals surface area contributed by atoms with Crippen LogP contribution in [0.15, 0.2) is 18.2 Å². The molecule has 1 aromatic rings. The molecular weight excluding hydrogens is 342 g/mol. The number of anilines is 1. The summed E-state index contributed by atoms with van der Waals surface area (Å²) in [4.78, 5) is 30.8. The van der Waals surface area contributed by atoms with Gasteiger partial charge in [0.15, 0.2) is 0 Å². The molecule has 1 saturated carbocycles. The Hall–Kier alpha value is -2.24. The van der Waals surface area contributed by atoms with Gasteiger partial charge in [-0.15, -0.1) is 0 Å². The van der Waals surface area contributed by atoms with Crippen molar-refractivity contribution in [3.8, 4) is 5.75 Å². The second kappa shape index (κ2) is 7.79. The molecule has 0 radical (unpaired) electrons. The molecule has 1 aliphatic carbocycles. The number of hydrogen-bond acceptors (Lipinski definition) is 4. The van der Waals surface area contributed by atoms with Crippen molar-refractivity contribution in [1.29, 1.82) is 0 Å². The van der Waals surface area contributed by atoms with E-state index in [1.807, 2.05) is 24.1 Å². The van der Waals surface area contributed by atoms with E-state index in [1.54, 1.807) is 25.1 Å². The molecule has 2 amide bonds. The second-order valence-electron chi connectivity index (χ2n) is 8.25. The Morgan fingerprint density at radius 1 is 1.26 bits per heavy atom. The summed E-state index contributed by atoms with van der Waals surface area (Å²) in [5.41, 5.74) is 1.49. The van der Waals surface area contributed by atoms with Gasteiger partial charge in [-0.05, 0) is 50.8 Å². The highest BCUT2D eigenvalue weighted by molar-refractivity contribution is 5.95. The summed E-state index contributed by atoms with van der Waals surface area (Å²) in [6.07, 6.45) is 2.89. The molecular formula is C21H31N3O3. The van der Waals surface area contributed by atoms with Crippen LogP contribution in [-0.2, 0) is 4.79 Å². The Bertz CT molecular complexity index is 713. The fourth-order valence-electron chi connectivity index (χ4n) is 3.49. The Labute approximate surface area is 162 Å². The van der Waals surface area contributed by atoms with Crippen molar-refractivity contribution in [3.63, 3.8) is 0 Å². The van der Waals surface area contributed by atoms with Gasteiger partial charge in [0.25, 0.3) is 5.91 Å². The summed E-state index contributed by atoms with van der Waals surface area (Å²) < 4.78 is 5.90. The van der Waals surface area contributed by atoms with Crippen LogP contribution in [0.3, 0.4) is 0 Å². The van der Waals surface area contributed by atoms with Crippen molar-refractivity contribution in [3.05, 3.63) is 23.8 Å². The highest BCUT2D eigenvalue weighted by Crippen LogP contribution is 2.35. The molecule has 1 aromatic carbocycles. The highest BCUT2D eigenvalue weighted by atomic mass is 16.5. The van der Waals surface area contributed by atoms with E-state index in [4.69, 9.17) is 4.74 Å². The molecule has 0 unspecified atom stereocenters. The van der Waals surface area contributed by atoms with Gasteiger partial charge < -0.3 is 19.4 Å². The molecule has 6 nitrogen and oxygen atoms in total. The number of rotatable bonds is 6. The molecule has 6 heteroatoms. The summed E-state index contributed by atoms with van der Waals surface area (Å²) >= 11 is 0. The number of hydrogen-bond donors (Lipinski definition) is 0. The van der Waals surface area contributed by atoms with Crippen LogP contribution in [-0.4, -0.2) is 68.0 Å². The van der Waals surface area contributed by atoms with Crippen LogP contribution in [0.25, 0.3) is 0 Å². The molecule has 1 heterocycles. The molecule has 0 spiro atoms. The molecule has 1 atom stereocenters. The van der Waals surface area contributed by atoms with E-state index in [0.717, 1.165) is 18.0 Å². The van der Waals surface area contributed by atoms with E-state index in [-0.39, 0.29) is 23.9 Å². The third-order valence-corrected chi connectivity index (χ3v) is 5.48. The lowest BCUT2D eigenvalue weighted by Gasteiger charge is -2.37. The fraction of sp³-hybridized carbons (Fsp3) is 0.619. The standard InChI is InChI=1S/C21H31N3O3/c1-14(2)24(12-15-6-7-15)20(25)11-17-13-27-19-9-8-16(21(26)22(3)4)10-18(19)23(17)5/h8-10,14-15,17H,6-7,11-13H2,1-5H3/t17-/m1/s1. The maximum atomic E-state index is 12.9. The third-order valence-electron chi connectivity index (χ3n) is 5.48. The molecule has 2 aliphatic rings. The number of fused-ring (bicyclic) bond motifs is 1. The molecule has 3 rings (SSSR count). The lowest BCUT2D eigenvalue weighted by molar-refractivity contribution is -0.133. The van der Waals surface area contributed by atoms with E-state index in [9.17, 15) is 9.59 Å². The van der Waals surface area contributed by atoms with Gasteiger partial charge in [0.05, 0.1) is 18.2 Å². The summed E-state index contributed by atoms with van der Waals surface area (Å²) in [5.74, 6) is 1.58. The average Bonchev–Trinajstić information content (AvgIpc) is 3.45. The lowest BCUT2D eigenvalue weighted by atomic mass is 10.1. The zero-order valence-corrected chi connectivity index (χ0v) is 17.1. The Kier molecular flexibility index (Phi) is 5.63. The topological polar surface area (TPSA) is 53.1 Å². The number of amides is 2. The summed E-state index contributed by atoms with van der Waals surface area (Å²) in [6, 6.07) is 5.67. The van der Waals surface area contributed by atoms with Crippen molar-refractivity contribution >= 4 is 17.5 Å². The highest BCUT2D eigenvalue weighted by Gasteiger charge is 2.32. The average molecular weight is 373 g/mol. The van der Waals surface area contributed by atoms with Crippen LogP contribution >= 0.6 is 0 Å². The van der Waals surface area contributed by atoms with Gasteiger partial charge in [-0.25, -0.2) is 0 Å². The monoisotopic (exact) mass is 373 g/mol. The minimum atomic E-state index is -0.0418. The minimum Gasteiger partial charge on any atom is -0.489 e. The molecule has 1 fully saturated rings. The lowest BCUT2D eigenvalue weighted by Crippen LogP contribution is -2.46. The first-order valence-corrected chi connectivity index (χ1v) is 9.78.